The summed E-state index contributed by atoms with van der Waals surface area (Å²) in [7, 11) is 1.63. The molecule has 0 saturated carbocycles. The Hall–Kier alpha value is -3.31. The number of hydrogen-bond donors (Lipinski definition) is 1. The van der Waals surface area contributed by atoms with Crippen molar-refractivity contribution in [1.29, 1.82) is 0 Å². The van der Waals surface area contributed by atoms with E-state index >= 15 is 0 Å². The lowest BCUT2D eigenvalue weighted by Crippen LogP contribution is -2.20. The largest absolute Gasteiger partial charge is 0.491 e. The minimum atomic E-state index is -0.222. The average Bonchev–Trinajstić information content (AvgIpc) is 2.75. The third kappa shape index (κ3) is 5.86. The fourth-order valence-electron chi connectivity index (χ4n) is 2.60. The molecule has 0 radical (unpaired) electrons. The number of carbonyl (C=O) groups excluding carboxylic acids is 1. The van der Waals surface area contributed by atoms with Crippen LogP contribution >= 0.6 is 0 Å². The Morgan fingerprint density at radius 1 is 0.750 bits per heavy atom. The van der Waals surface area contributed by atoms with Gasteiger partial charge in [0.05, 0.1) is 6.61 Å². The fraction of sp³-hybridized carbons (Fsp3) is 0.174. The fourth-order valence-corrected chi connectivity index (χ4v) is 2.60. The molecule has 0 heterocycles. The summed E-state index contributed by atoms with van der Waals surface area (Å²) >= 11 is 0. The SMILES string of the molecule is COCCOc1ccc(NC(=O)COc2ccc(-c3ccccc3)cc2)cc1. The van der Waals surface area contributed by atoms with E-state index < -0.39 is 0 Å². The van der Waals surface area contributed by atoms with Crippen molar-refractivity contribution in [3.05, 3.63) is 78.9 Å². The smallest absolute Gasteiger partial charge is 0.262 e. The second-order valence-corrected chi connectivity index (χ2v) is 6.09. The monoisotopic (exact) mass is 377 g/mol. The van der Waals surface area contributed by atoms with Gasteiger partial charge in [0, 0.05) is 12.8 Å². The zero-order chi connectivity index (χ0) is 19.6. The molecule has 0 spiro atoms. The van der Waals surface area contributed by atoms with E-state index in [2.05, 4.69) is 17.4 Å². The van der Waals surface area contributed by atoms with Crippen LogP contribution in [0.2, 0.25) is 0 Å². The first-order valence-corrected chi connectivity index (χ1v) is 9.04. The first kappa shape index (κ1) is 19.5. The van der Waals surface area contributed by atoms with Crippen LogP contribution in [0.15, 0.2) is 78.9 Å². The normalized spacial score (nSPS) is 10.3. The number of benzene rings is 3. The Morgan fingerprint density at radius 2 is 1.36 bits per heavy atom. The van der Waals surface area contributed by atoms with Crippen molar-refractivity contribution in [2.45, 2.75) is 0 Å². The van der Waals surface area contributed by atoms with E-state index in [9.17, 15) is 4.79 Å². The van der Waals surface area contributed by atoms with E-state index in [1.807, 2.05) is 42.5 Å². The molecule has 3 aromatic rings. The predicted molar refractivity (Wildman–Crippen MR) is 110 cm³/mol. The van der Waals surface area contributed by atoms with Crippen molar-refractivity contribution in [2.24, 2.45) is 0 Å². The van der Waals surface area contributed by atoms with Gasteiger partial charge in [-0.25, -0.2) is 0 Å². The van der Waals surface area contributed by atoms with Crippen LogP contribution in [0.25, 0.3) is 11.1 Å². The Balaban J connectivity index is 1.46. The van der Waals surface area contributed by atoms with Gasteiger partial charge in [0.2, 0.25) is 0 Å². The molecule has 3 aromatic carbocycles. The molecule has 1 N–H and O–H groups in total. The van der Waals surface area contributed by atoms with Crippen LogP contribution in [0.5, 0.6) is 11.5 Å². The Bertz CT molecular complexity index is 861. The van der Waals surface area contributed by atoms with E-state index in [1.165, 1.54) is 0 Å². The maximum atomic E-state index is 12.1. The van der Waals surface area contributed by atoms with Gasteiger partial charge >= 0.3 is 0 Å². The molecule has 0 aromatic heterocycles. The van der Waals surface area contributed by atoms with Crippen LogP contribution in [-0.2, 0) is 9.53 Å². The molecule has 3 rings (SSSR count). The molecule has 0 atom stereocenters. The first-order valence-electron chi connectivity index (χ1n) is 9.04. The summed E-state index contributed by atoms with van der Waals surface area (Å²) in [6, 6.07) is 25.0. The van der Waals surface area contributed by atoms with E-state index in [-0.39, 0.29) is 12.5 Å². The van der Waals surface area contributed by atoms with Gasteiger partial charge in [-0.15, -0.1) is 0 Å². The maximum Gasteiger partial charge on any atom is 0.262 e. The first-order chi connectivity index (χ1) is 13.7. The lowest BCUT2D eigenvalue weighted by molar-refractivity contribution is -0.118. The highest BCUT2D eigenvalue weighted by atomic mass is 16.5. The quantitative estimate of drug-likeness (QED) is 0.562. The van der Waals surface area contributed by atoms with Crippen molar-refractivity contribution in [1.82, 2.24) is 0 Å². The molecular formula is C23H23NO4. The van der Waals surface area contributed by atoms with Gasteiger partial charge in [-0.3, -0.25) is 4.79 Å². The predicted octanol–water partition coefficient (Wildman–Crippen LogP) is 4.40. The highest BCUT2D eigenvalue weighted by Gasteiger charge is 2.05. The number of amides is 1. The van der Waals surface area contributed by atoms with Crippen molar-refractivity contribution in [2.75, 3.05) is 32.2 Å². The zero-order valence-electron chi connectivity index (χ0n) is 15.8. The molecule has 5 nitrogen and oxygen atoms in total. The maximum absolute atomic E-state index is 12.1. The highest BCUT2D eigenvalue weighted by Crippen LogP contribution is 2.22. The summed E-state index contributed by atoms with van der Waals surface area (Å²) < 4.78 is 16.0. The van der Waals surface area contributed by atoms with Crippen molar-refractivity contribution < 1.29 is 19.0 Å². The average molecular weight is 377 g/mol. The second-order valence-electron chi connectivity index (χ2n) is 6.09. The molecule has 1 amide bonds. The number of methoxy groups -OCH3 is 1. The summed E-state index contributed by atoms with van der Waals surface area (Å²) in [5, 5.41) is 2.80. The number of nitrogens with one attached hydrogen (secondary N) is 1. The molecule has 0 aliphatic heterocycles. The molecule has 0 aliphatic carbocycles. The molecular weight excluding hydrogens is 354 g/mol. The van der Waals surface area contributed by atoms with Gasteiger partial charge in [0.1, 0.15) is 18.1 Å². The summed E-state index contributed by atoms with van der Waals surface area (Å²) in [4.78, 5) is 12.1. The Labute approximate surface area is 164 Å². The second kappa shape index (κ2) is 10.1. The topological polar surface area (TPSA) is 56.8 Å². The number of carbonyl (C=O) groups is 1. The third-order valence-corrected chi connectivity index (χ3v) is 4.03. The molecule has 0 aliphatic rings. The highest BCUT2D eigenvalue weighted by molar-refractivity contribution is 5.91. The van der Waals surface area contributed by atoms with E-state index in [0.717, 1.165) is 16.9 Å². The van der Waals surface area contributed by atoms with Crippen LogP contribution in [0.1, 0.15) is 0 Å². The zero-order valence-corrected chi connectivity index (χ0v) is 15.8. The number of ether oxygens (including phenoxy) is 3. The standard InChI is InChI=1S/C23H23NO4/c1-26-15-16-27-21-13-9-20(10-14-21)24-23(25)17-28-22-11-7-19(8-12-22)18-5-3-2-4-6-18/h2-14H,15-17H2,1H3,(H,24,25). The molecule has 0 unspecified atom stereocenters. The summed E-state index contributed by atoms with van der Waals surface area (Å²) in [6.07, 6.45) is 0. The lowest BCUT2D eigenvalue weighted by Gasteiger charge is -2.09. The van der Waals surface area contributed by atoms with Crippen molar-refractivity contribution in [3.63, 3.8) is 0 Å². The molecule has 0 saturated heterocycles. The minimum absolute atomic E-state index is 0.0588. The van der Waals surface area contributed by atoms with Crippen LogP contribution in [0.4, 0.5) is 5.69 Å². The van der Waals surface area contributed by atoms with Gasteiger partial charge in [0.15, 0.2) is 6.61 Å². The van der Waals surface area contributed by atoms with Gasteiger partial charge < -0.3 is 19.5 Å². The Morgan fingerprint density at radius 3 is 2.04 bits per heavy atom. The van der Waals surface area contributed by atoms with E-state index in [4.69, 9.17) is 14.2 Å². The van der Waals surface area contributed by atoms with Crippen LogP contribution < -0.4 is 14.8 Å². The van der Waals surface area contributed by atoms with Crippen molar-refractivity contribution >= 4 is 11.6 Å². The minimum Gasteiger partial charge on any atom is -0.491 e. The molecule has 5 heteroatoms. The van der Waals surface area contributed by atoms with Crippen LogP contribution in [0.3, 0.4) is 0 Å². The third-order valence-electron chi connectivity index (χ3n) is 4.03. The van der Waals surface area contributed by atoms with Gasteiger partial charge in [-0.2, -0.15) is 0 Å². The van der Waals surface area contributed by atoms with E-state index in [1.54, 1.807) is 31.4 Å². The van der Waals surface area contributed by atoms with Crippen molar-refractivity contribution in [3.8, 4) is 22.6 Å². The summed E-state index contributed by atoms with van der Waals surface area (Å²) in [6.45, 7) is 0.956. The molecule has 0 fully saturated rings. The lowest BCUT2D eigenvalue weighted by atomic mass is 10.1. The molecule has 144 valence electrons. The molecule has 0 bridgehead atoms. The number of rotatable bonds is 9. The summed E-state index contributed by atoms with van der Waals surface area (Å²) in [5.74, 6) is 1.15. The van der Waals surface area contributed by atoms with Gasteiger partial charge in [-0.05, 0) is 47.5 Å². The van der Waals surface area contributed by atoms with E-state index in [0.29, 0.717) is 24.7 Å². The van der Waals surface area contributed by atoms with Crippen LogP contribution in [-0.4, -0.2) is 32.8 Å². The van der Waals surface area contributed by atoms with Crippen LogP contribution in [0, 0.1) is 0 Å². The molecule has 28 heavy (non-hydrogen) atoms. The number of anilines is 1. The summed E-state index contributed by atoms with van der Waals surface area (Å²) in [5.41, 5.74) is 2.93. The number of hydrogen-bond acceptors (Lipinski definition) is 4. The van der Waals surface area contributed by atoms with Gasteiger partial charge in [0.25, 0.3) is 5.91 Å². The Kier molecular flexibility index (Phi) is 7.04. The van der Waals surface area contributed by atoms with Gasteiger partial charge in [-0.1, -0.05) is 42.5 Å².